The molecule has 1 aromatic heterocycles. The Morgan fingerprint density at radius 1 is 1.32 bits per heavy atom. The number of piperidine rings is 1. The second kappa shape index (κ2) is 7.51. The van der Waals surface area contributed by atoms with E-state index in [4.69, 9.17) is 0 Å². The van der Waals surface area contributed by atoms with Crippen molar-refractivity contribution in [2.24, 2.45) is 5.92 Å². The van der Waals surface area contributed by atoms with E-state index in [0.29, 0.717) is 25.3 Å². The van der Waals surface area contributed by atoms with Gasteiger partial charge in [0.05, 0.1) is 12.0 Å². The van der Waals surface area contributed by atoms with E-state index in [0.717, 1.165) is 35.6 Å². The molecule has 0 bridgehead atoms. The van der Waals surface area contributed by atoms with Crippen LogP contribution < -0.4 is 10.6 Å². The number of anilines is 1. The lowest BCUT2D eigenvalue weighted by Gasteiger charge is -2.21. The van der Waals surface area contributed by atoms with E-state index >= 15 is 0 Å². The molecule has 6 nitrogen and oxygen atoms in total. The summed E-state index contributed by atoms with van der Waals surface area (Å²) in [6.45, 7) is 4.70. The molecule has 0 spiro atoms. The Morgan fingerprint density at radius 2 is 2.08 bits per heavy atom. The number of aromatic nitrogens is 2. The predicted molar refractivity (Wildman–Crippen MR) is 96.6 cm³/mol. The first kappa shape index (κ1) is 17.2. The van der Waals surface area contributed by atoms with Gasteiger partial charge in [-0.3, -0.25) is 9.59 Å². The topological polar surface area (TPSA) is 76.0 Å². The molecule has 1 aliphatic rings. The highest BCUT2D eigenvalue weighted by atomic mass is 16.2. The highest BCUT2D eigenvalue weighted by Gasteiger charge is 2.18. The third kappa shape index (κ3) is 4.26. The lowest BCUT2D eigenvalue weighted by atomic mass is 9.94. The fraction of sp³-hybridized carbons (Fsp3) is 0.421. The Morgan fingerprint density at radius 3 is 2.68 bits per heavy atom. The summed E-state index contributed by atoms with van der Waals surface area (Å²) in [6.07, 6.45) is 4.53. The summed E-state index contributed by atoms with van der Waals surface area (Å²) in [6, 6.07) is 7.76. The Labute approximate surface area is 147 Å². The third-order valence-electron chi connectivity index (χ3n) is 4.83. The van der Waals surface area contributed by atoms with Crippen molar-refractivity contribution in [3.8, 4) is 5.69 Å². The van der Waals surface area contributed by atoms with Crippen molar-refractivity contribution in [2.45, 2.75) is 39.5 Å². The second-order valence-electron chi connectivity index (χ2n) is 6.63. The summed E-state index contributed by atoms with van der Waals surface area (Å²) >= 11 is 0. The van der Waals surface area contributed by atoms with Crippen LogP contribution in [0.3, 0.4) is 0 Å². The number of benzene rings is 1. The number of hydrogen-bond donors (Lipinski definition) is 2. The average Bonchev–Trinajstić information content (AvgIpc) is 2.94. The lowest BCUT2D eigenvalue weighted by Crippen LogP contribution is -2.35. The van der Waals surface area contributed by atoms with Crippen LogP contribution in [0.1, 0.15) is 37.1 Å². The van der Waals surface area contributed by atoms with Gasteiger partial charge < -0.3 is 15.2 Å². The minimum Gasteiger partial charge on any atom is -0.356 e. The van der Waals surface area contributed by atoms with Crippen molar-refractivity contribution in [2.75, 3.05) is 11.9 Å². The first-order valence-corrected chi connectivity index (χ1v) is 8.70. The van der Waals surface area contributed by atoms with Crippen LogP contribution in [0.25, 0.3) is 5.69 Å². The molecule has 0 aliphatic carbocycles. The van der Waals surface area contributed by atoms with Crippen LogP contribution in [0.5, 0.6) is 0 Å². The van der Waals surface area contributed by atoms with Crippen LogP contribution in [-0.2, 0) is 9.59 Å². The molecule has 2 N–H and O–H groups in total. The zero-order chi connectivity index (χ0) is 17.8. The molecule has 2 heterocycles. The highest BCUT2D eigenvalue weighted by Crippen LogP contribution is 2.19. The van der Waals surface area contributed by atoms with Gasteiger partial charge in [-0.2, -0.15) is 0 Å². The maximum absolute atomic E-state index is 12.1. The average molecular weight is 340 g/mol. The molecule has 132 valence electrons. The predicted octanol–water partition coefficient (Wildman–Crippen LogP) is 2.73. The molecule has 1 saturated heterocycles. The fourth-order valence-electron chi connectivity index (χ4n) is 3.05. The molecule has 0 saturated carbocycles. The van der Waals surface area contributed by atoms with Gasteiger partial charge >= 0.3 is 0 Å². The van der Waals surface area contributed by atoms with Crippen molar-refractivity contribution in [1.29, 1.82) is 0 Å². The Balaban J connectivity index is 1.52. The molecule has 3 rings (SSSR count). The number of rotatable bonds is 5. The van der Waals surface area contributed by atoms with Gasteiger partial charge in [-0.05, 0) is 56.9 Å². The number of amides is 2. The normalized spacial score (nSPS) is 17.2. The van der Waals surface area contributed by atoms with Gasteiger partial charge in [-0.25, -0.2) is 4.98 Å². The standard InChI is InChI=1S/C19H24N4O2/c1-13-14(2)23(12-21-13)17-7-5-16(6-8-17)22-19(25)10-4-15-3-9-18(24)20-11-15/h5-8,12,15H,3-4,9-11H2,1-2H3,(H,20,24)(H,22,25). The summed E-state index contributed by atoms with van der Waals surface area (Å²) in [5.74, 6) is 0.529. The van der Waals surface area contributed by atoms with Gasteiger partial charge in [0.1, 0.15) is 0 Å². The minimum atomic E-state index is 0.0132. The van der Waals surface area contributed by atoms with E-state index in [1.807, 2.05) is 42.7 Å². The lowest BCUT2D eigenvalue weighted by molar-refractivity contribution is -0.123. The molecule has 6 heteroatoms. The van der Waals surface area contributed by atoms with Crippen LogP contribution >= 0.6 is 0 Å². The molecular formula is C19H24N4O2. The van der Waals surface area contributed by atoms with Gasteiger partial charge in [-0.1, -0.05) is 0 Å². The van der Waals surface area contributed by atoms with Crippen molar-refractivity contribution in [3.05, 3.63) is 42.0 Å². The fourth-order valence-corrected chi connectivity index (χ4v) is 3.05. The number of carbonyl (C=O) groups excluding carboxylic acids is 2. The number of hydrogen-bond acceptors (Lipinski definition) is 3. The first-order valence-electron chi connectivity index (χ1n) is 8.70. The largest absolute Gasteiger partial charge is 0.356 e. The molecule has 0 radical (unpaired) electrons. The molecule has 1 aromatic carbocycles. The maximum atomic E-state index is 12.1. The number of aryl methyl sites for hydroxylation is 1. The zero-order valence-corrected chi connectivity index (χ0v) is 14.7. The zero-order valence-electron chi connectivity index (χ0n) is 14.7. The van der Waals surface area contributed by atoms with Crippen molar-refractivity contribution in [3.63, 3.8) is 0 Å². The quantitative estimate of drug-likeness (QED) is 0.879. The summed E-state index contributed by atoms with van der Waals surface area (Å²) in [5.41, 5.74) is 3.93. The number of nitrogens with one attached hydrogen (secondary N) is 2. The Bertz CT molecular complexity index is 754. The molecule has 1 unspecified atom stereocenters. The van der Waals surface area contributed by atoms with Gasteiger partial charge in [0.15, 0.2) is 0 Å². The molecule has 1 fully saturated rings. The Hall–Kier alpha value is -2.63. The van der Waals surface area contributed by atoms with Gasteiger partial charge in [0, 0.05) is 36.5 Å². The Kier molecular flexibility index (Phi) is 5.16. The molecular weight excluding hydrogens is 316 g/mol. The van der Waals surface area contributed by atoms with E-state index in [2.05, 4.69) is 15.6 Å². The van der Waals surface area contributed by atoms with Crippen molar-refractivity contribution >= 4 is 17.5 Å². The summed E-state index contributed by atoms with van der Waals surface area (Å²) in [4.78, 5) is 27.6. The van der Waals surface area contributed by atoms with Gasteiger partial charge in [-0.15, -0.1) is 0 Å². The second-order valence-corrected chi connectivity index (χ2v) is 6.63. The van der Waals surface area contributed by atoms with E-state index in [9.17, 15) is 9.59 Å². The number of carbonyl (C=O) groups is 2. The van der Waals surface area contributed by atoms with Crippen LogP contribution in [0, 0.1) is 19.8 Å². The van der Waals surface area contributed by atoms with Gasteiger partial charge in [0.2, 0.25) is 11.8 Å². The summed E-state index contributed by atoms with van der Waals surface area (Å²) < 4.78 is 2.03. The minimum absolute atomic E-state index is 0.0132. The van der Waals surface area contributed by atoms with Crippen molar-refractivity contribution < 1.29 is 9.59 Å². The molecule has 2 amide bonds. The smallest absolute Gasteiger partial charge is 0.224 e. The van der Waals surface area contributed by atoms with Crippen LogP contribution in [0.4, 0.5) is 5.69 Å². The first-order chi connectivity index (χ1) is 12.0. The summed E-state index contributed by atoms with van der Waals surface area (Å²) in [5, 5.41) is 5.79. The molecule has 2 aromatic rings. The van der Waals surface area contributed by atoms with E-state index < -0.39 is 0 Å². The van der Waals surface area contributed by atoms with E-state index in [1.54, 1.807) is 6.33 Å². The molecule has 25 heavy (non-hydrogen) atoms. The number of nitrogens with zero attached hydrogens (tertiary/aromatic N) is 2. The third-order valence-corrected chi connectivity index (χ3v) is 4.83. The monoisotopic (exact) mass is 340 g/mol. The van der Waals surface area contributed by atoms with E-state index in [1.165, 1.54) is 0 Å². The summed E-state index contributed by atoms with van der Waals surface area (Å²) in [7, 11) is 0. The molecule has 1 aliphatic heterocycles. The maximum Gasteiger partial charge on any atom is 0.224 e. The van der Waals surface area contributed by atoms with Crippen LogP contribution in [-0.4, -0.2) is 27.9 Å². The SMILES string of the molecule is Cc1ncn(-c2ccc(NC(=O)CCC3CCC(=O)NC3)cc2)c1C. The van der Waals surface area contributed by atoms with Gasteiger partial charge in [0.25, 0.3) is 0 Å². The number of imidazole rings is 1. The molecule has 1 atom stereocenters. The highest BCUT2D eigenvalue weighted by molar-refractivity contribution is 5.90. The van der Waals surface area contributed by atoms with Crippen molar-refractivity contribution in [1.82, 2.24) is 14.9 Å². The van der Waals surface area contributed by atoms with E-state index in [-0.39, 0.29) is 11.8 Å². The van der Waals surface area contributed by atoms with Crippen LogP contribution in [0.2, 0.25) is 0 Å². The van der Waals surface area contributed by atoms with Crippen LogP contribution in [0.15, 0.2) is 30.6 Å².